The molecule has 0 radical (unpaired) electrons. The van der Waals surface area contributed by atoms with Crippen molar-refractivity contribution in [2.45, 2.75) is 51.5 Å². The quantitative estimate of drug-likeness (QED) is 0.661. The first-order valence-corrected chi connectivity index (χ1v) is 9.22. The first-order chi connectivity index (χ1) is 11.8. The molecule has 1 saturated heterocycles. The Hall–Kier alpha value is -1.84. The van der Waals surface area contributed by atoms with Gasteiger partial charge in [0.1, 0.15) is 0 Å². The van der Waals surface area contributed by atoms with Crippen LogP contribution in [0.15, 0.2) is 60.7 Å². The summed E-state index contributed by atoms with van der Waals surface area (Å²) in [6.07, 6.45) is 1.70. The van der Waals surface area contributed by atoms with E-state index in [0.29, 0.717) is 0 Å². The summed E-state index contributed by atoms with van der Waals surface area (Å²) in [4.78, 5) is 0. The van der Waals surface area contributed by atoms with E-state index in [1.807, 2.05) is 0 Å². The molecule has 2 aromatic rings. The number of allylic oxidation sites excluding steroid dienone is 2. The first-order valence-electron chi connectivity index (χ1n) is 9.22. The van der Waals surface area contributed by atoms with Crippen LogP contribution in [-0.2, 0) is 9.31 Å². The maximum absolute atomic E-state index is 6.61. The minimum Gasteiger partial charge on any atom is -0.561 e. The molecule has 3 heteroatoms. The normalized spacial score (nSPS) is 23.4. The Kier molecular flexibility index (Phi) is 3.71. The third-order valence-electron chi connectivity index (χ3n) is 6.11. The minimum absolute atomic E-state index is 0.291. The van der Waals surface area contributed by atoms with E-state index in [9.17, 15) is 0 Å². The van der Waals surface area contributed by atoms with Gasteiger partial charge in [-0.05, 0) is 38.8 Å². The van der Waals surface area contributed by atoms with Crippen LogP contribution in [0.1, 0.15) is 38.8 Å². The molecule has 0 unspecified atom stereocenters. The summed E-state index contributed by atoms with van der Waals surface area (Å²) in [6.45, 7) is 7.23. The lowest BCUT2D eigenvalue weighted by Gasteiger charge is -2.37. The zero-order valence-corrected chi connectivity index (χ0v) is 15.6. The molecule has 0 aromatic heterocycles. The second-order valence-electron chi connectivity index (χ2n) is 8.41. The van der Waals surface area contributed by atoms with E-state index < -0.39 is 6.55 Å². The summed E-state index contributed by atoms with van der Waals surface area (Å²) in [5, 5.41) is 0. The van der Waals surface area contributed by atoms with Crippen LogP contribution >= 0.6 is 0 Å². The Morgan fingerprint density at radius 1 is 0.640 bits per heavy atom. The molecule has 1 fully saturated rings. The molecule has 2 aliphatic rings. The molecule has 2 heterocycles. The van der Waals surface area contributed by atoms with Gasteiger partial charge in [0, 0.05) is 11.2 Å². The van der Waals surface area contributed by atoms with Gasteiger partial charge in [-0.1, -0.05) is 71.8 Å². The number of rotatable bonds is 2. The molecule has 4 rings (SSSR count). The van der Waals surface area contributed by atoms with Gasteiger partial charge in [0.2, 0.25) is 6.55 Å². The van der Waals surface area contributed by atoms with Crippen LogP contribution in [0.25, 0.3) is 11.1 Å². The van der Waals surface area contributed by atoms with Gasteiger partial charge in [-0.2, -0.15) is 0 Å². The van der Waals surface area contributed by atoms with Crippen LogP contribution < -0.4 is 0 Å². The van der Waals surface area contributed by atoms with Crippen molar-refractivity contribution >= 4 is 17.7 Å². The fourth-order valence-corrected chi connectivity index (χ4v) is 4.35. The zero-order chi connectivity index (χ0) is 17.7. The van der Waals surface area contributed by atoms with E-state index in [-0.39, 0.29) is 11.2 Å². The van der Waals surface area contributed by atoms with Crippen molar-refractivity contribution in [2.75, 3.05) is 0 Å². The van der Waals surface area contributed by atoms with Crippen molar-refractivity contribution in [1.82, 2.24) is 0 Å². The van der Waals surface area contributed by atoms with E-state index in [1.54, 1.807) is 0 Å². The van der Waals surface area contributed by atoms with Gasteiger partial charge in [-0.3, -0.25) is 0 Å². The molecule has 0 atom stereocenters. The predicted octanol–water partition coefficient (Wildman–Crippen LogP) is 5.66. The van der Waals surface area contributed by atoms with Crippen molar-refractivity contribution in [2.24, 2.45) is 0 Å². The van der Waals surface area contributed by atoms with Crippen LogP contribution in [0.2, 0.25) is 12.6 Å². The molecule has 130 valence electrons. The lowest BCUT2D eigenvalue weighted by Crippen LogP contribution is -2.41. The highest BCUT2D eigenvalue weighted by molar-refractivity contribution is 6.74. The summed E-state index contributed by atoms with van der Waals surface area (Å²) < 4.78 is 13.2. The summed E-state index contributed by atoms with van der Waals surface area (Å²) in [7, 11) is 0. The van der Waals surface area contributed by atoms with Gasteiger partial charge in [0.25, 0.3) is 0 Å². The highest BCUT2D eigenvalue weighted by atomic mass is 16.7. The lowest BCUT2D eigenvalue weighted by molar-refractivity contribution is 0.00578. The SMILES string of the molecule is CC1(C)O[B-]2(CC(c3ccccc3)=C(c3ccccc3)C2)OC1(C)C. The van der Waals surface area contributed by atoms with Crippen molar-refractivity contribution in [3.05, 3.63) is 71.8 Å². The monoisotopic (exact) mass is 333 g/mol. The van der Waals surface area contributed by atoms with E-state index in [1.165, 1.54) is 22.3 Å². The topological polar surface area (TPSA) is 18.5 Å². The molecular formula is C22H26BO2-. The summed E-state index contributed by atoms with van der Waals surface area (Å²) in [5.74, 6) is 0. The second-order valence-corrected chi connectivity index (χ2v) is 8.41. The van der Waals surface area contributed by atoms with Crippen molar-refractivity contribution < 1.29 is 9.31 Å². The Balaban J connectivity index is 1.78. The maximum Gasteiger partial charge on any atom is 0.249 e. The van der Waals surface area contributed by atoms with E-state index in [4.69, 9.17) is 9.31 Å². The average Bonchev–Trinajstić information content (AvgIpc) is 3.02. The van der Waals surface area contributed by atoms with Gasteiger partial charge in [-0.25, -0.2) is 0 Å². The van der Waals surface area contributed by atoms with Crippen molar-refractivity contribution in [3.8, 4) is 0 Å². The van der Waals surface area contributed by atoms with E-state index in [2.05, 4.69) is 88.4 Å². The fourth-order valence-electron chi connectivity index (χ4n) is 4.35. The average molecular weight is 333 g/mol. The Bertz CT molecular complexity index is 737. The predicted molar refractivity (Wildman–Crippen MR) is 105 cm³/mol. The van der Waals surface area contributed by atoms with Crippen LogP contribution in [0, 0.1) is 0 Å². The Morgan fingerprint density at radius 2 is 1.00 bits per heavy atom. The van der Waals surface area contributed by atoms with Gasteiger partial charge in [0.15, 0.2) is 0 Å². The minimum atomic E-state index is -1.35. The number of hydrogen-bond donors (Lipinski definition) is 0. The molecular weight excluding hydrogens is 307 g/mol. The summed E-state index contributed by atoms with van der Waals surface area (Å²) >= 11 is 0. The molecule has 0 N–H and O–H groups in total. The zero-order valence-electron chi connectivity index (χ0n) is 15.6. The molecule has 0 aliphatic carbocycles. The van der Waals surface area contributed by atoms with Crippen LogP contribution in [0.3, 0.4) is 0 Å². The highest BCUT2D eigenvalue weighted by Gasteiger charge is 2.53. The highest BCUT2D eigenvalue weighted by Crippen LogP contribution is 2.54. The molecule has 2 aliphatic heterocycles. The Morgan fingerprint density at radius 3 is 1.36 bits per heavy atom. The summed E-state index contributed by atoms with van der Waals surface area (Å²) in [5.41, 5.74) is 4.69. The van der Waals surface area contributed by atoms with Gasteiger partial charge in [0.05, 0.1) is 0 Å². The number of hydrogen-bond acceptors (Lipinski definition) is 2. The molecule has 0 amide bonds. The van der Waals surface area contributed by atoms with Crippen LogP contribution in [0.4, 0.5) is 0 Å². The van der Waals surface area contributed by atoms with Gasteiger partial charge >= 0.3 is 0 Å². The second kappa shape index (κ2) is 5.58. The van der Waals surface area contributed by atoms with Gasteiger partial charge in [-0.15, -0.1) is 12.6 Å². The standard InChI is InChI=1S/C22H26BO2/c1-21(2)22(3,4)25-23(24-21)15-19(17-11-7-5-8-12-17)20(16-23)18-13-9-6-10-14-18/h5-14H,15-16H2,1-4H3/q-1. The molecule has 2 nitrogen and oxygen atoms in total. The molecule has 0 saturated carbocycles. The van der Waals surface area contributed by atoms with Crippen molar-refractivity contribution in [3.63, 3.8) is 0 Å². The third kappa shape index (κ3) is 2.76. The van der Waals surface area contributed by atoms with E-state index >= 15 is 0 Å². The lowest BCUT2D eigenvalue weighted by atomic mass is 9.53. The molecule has 1 spiro atoms. The molecule has 25 heavy (non-hydrogen) atoms. The van der Waals surface area contributed by atoms with Crippen LogP contribution in [0.5, 0.6) is 0 Å². The molecule has 2 aromatic carbocycles. The fraction of sp³-hybridized carbons (Fsp3) is 0.364. The number of benzene rings is 2. The largest absolute Gasteiger partial charge is 0.561 e. The first kappa shape index (κ1) is 16.6. The molecule has 0 bridgehead atoms. The van der Waals surface area contributed by atoms with E-state index in [0.717, 1.165) is 12.6 Å². The maximum atomic E-state index is 6.61. The Labute approximate surface area is 150 Å². The summed E-state index contributed by atoms with van der Waals surface area (Å²) in [6, 6.07) is 21.3. The smallest absolute Gasteiger partial charge is 0.249 e. The van der Waals surface area contributed by atoms with Gasteiger partial charge < -0.3 is 9.31 Å². The van der Waals surface area contributed by atoms with Crippen LogP contribution in [-0.4, -0.2) is 17.8 Å². The third-order valence-corrected chi connectivity index (χ3v) is 6.11. The van der Waals surface area contributed by atoms with Crippen molar-refractivity contribution in [1.29, 1.82) is 0 Å².